The zero-order chi connectivity index (χ0) is 14.5. The van der Waals surface area contributed by atoms with Gasteiger partial charge < -0.3 is 10.6 Å². The van der Waals surface area contributed by atoms with Crippen molar-refractivity contribution in [3.63, 3.8) is 0 Å². The monoisotopic (exact) mass is 310 g/mol. The van der Waals surface area contributed by atoms with E-state index in [-0.39, 0.29) is 5.02 Å². The van der Waals surface area contributed by atoms with Gasteiger partial charge in [0, 0.05) is 16.3 Å². The van der Waals surface area contributed by atoms with Crippen LogP contribution in [0.15, 0.2) is 47.4 Å². The second kappa shape index (κ2) is 6.63. The number of amides is 2. The maximum atomic E-state index is 13.0. The van der Waals surface area contributed by atoms with Crippen LogP contribution in [0.1, 0.15) is 0 Å². The summed E-state index contributed by atoms with van der Waals surface area (Å²) in [5.74, 6) is -0.523. The lowest BCUT2D eigenvalue weighted by Gasteiger charge is -2.09. The predicted octanol–water partition coefficient (Wildman–Crippen LogP) is 4.85. The second-order valence-corrected chi connectivity index (χ2v) is 5.23. The van der Waals surface area contributed by atoms with Gasteiger partial charge in [-0.15, -0.1) is 11.8 Å². The smallest absolute Gasteiger partial charge is 0.308 e. The fourth-order valence-electron chi connectivity index (χ4n) is 1.57. The average molecular weight is 311 g/mol. The van der Waals surface area contributed by atoms with Gasteiger partial charge >= 0.3 is 6.03 Å². The first-order valence-electron chi connectivity index (χ1n) is 5.75. The van der Waals surface area contributed by atoms with Crippen LogP contribution in [0.5, 0.6) is 0 Å². The molecular weight excluding hydrogens is 299 g/mol. The molecule has 0 aromatic heterocycles. The SMILES string of the molecule is CSc1cccc(NC(=O)Nc2ccc(F)c(Cl)c2)c1. The molecule has 0 heterocycles. The summed E-state index contributed by atoms with van der Waals surface area (Å²) in [6.45, 7) is 0. The Morgan fingerprint density at radius 3 is 2.50 bits per heavy atom. The molecule has 2 aromatic rings. The van der Waals surface area contributed by atoms with Gasteiger partial charge in [0.2, 0.25) is 0 Å². The van der Waals surface area contributed by atoms with Crippen molar-refractivity contribution in [3.8, 4) is 0 Å². The first kappa shape index (κ1) is 14.7. The summed E-state index contributed by atoms with van der Waals surface area (Å²) in [6.07, 6.45) is 1.96. The normalized spacial score (nSPS) is 10.2. The van der Waals surface area contributed by atoms with Crippen molar-refractivity contribution >= 4 is 40.8 Å². The number of urea groups is 1. The number of nitrogens with one attached hydrogen (secondary N) is 2. The number of hydrogen-bond acceptors (Lipinski definition) is 2. The molecular formula is C14H12ClFN2OS. The number of carbonyl (C=O) groups is 1. The molecule has 0 spiro atoms. The lowest BCUT2D eigenvalue weighted by atomic mass is 10.3. The number of carbonyl (C=O) groups excluding carboxylic acids is 1. The zero-order valence-electron chi connectivity index (χ0n) is 10.6. The molecule has 20 heavy (non-hydrogen) atoms. The van der Waals surface area contributed by atoms with E-state index < -0.39 is 11.8 Å². The molecule has 104 valence electrons. The van der Waals surface area contributed by atoms with Crippen molar-refractivity contribution in [1.82, 2.24) is 0 Å². The Balaban J connectivity index is 2.03. The van der Waals surface area contributed by atoms with Crippen molar-refractivity contribution in [2.75, 3.05) is 16.9 Å². The quantitative estimate of drug-likeness (QED) is 0.796. The summed E-state index contributed by atoms with van der Waals surface area (Å²) >= 11 is 7.23. The van der Waals surface area contributed by atoms with E-state index >= 15 is 0 Å². The minimum atomic E-state index is -0.523. The van der Waals surface area contributed by atoms with Crippen LogP contribution >= 0.6 is 23.4 Å². The number of anilines is 2. The topological polar surface area (TPSA) is 41.1 Å². The van der Waals surface area contributed by atoms with Crippen LogP contribution in [0.3, 0.4) is 0 Å². The van der Waals surface area contributed by atoms with Gasteiger partial charge in [-0.05, 0) is 42.7 Å². The first-order chi connectivity index (χ1) is 9.58. The molecule has 0 aliphatic heterocycles. The summed E-state index contributed by atoms with van der Waals surface area (Å²) in [6, 6.07) is 11.0. The highest BCUT2D eigenvalue weighted by Crippen LogP contribution is 2.21. The molecule has 0 unspecified atom stereocenters. The van der Waals surface area contributed by atoms with E-state index in [0.29, 0.717) is 11.4 Å². The molecule has 0 fully saturated rings. The number of rotatable bonds is 3. The van der Waals surface area contributed by atoms with Gasteiger partial charge in [0.25, 0.3) is 0 Å². The Hall–Kier alpha value is -1.72. The first-order valence-corrected chi connectivity index (χ1v) is 7.36. The van der Waals surface area contributed by atoms with E-state index in [2.05, 4.69) is 10.6 Å². The van der Waals surface area contributed by atoms with Gasteiger partial charge in [-0.1, -0.05) is 17.7 Å². The summed E-state index contributed by atoms with van der Waals surface area (Å²) in [4.78, 5) is 12.9. The van der Waals surface area contributed by atoms with E-state index in [0.717, 1.165) is 4.90 Å². The summed E-state index contributed by atoms with van der Waals surface area (Å²) in [5.41, 5.74) is 1.11. The van der Waals surface area contributed by atoms with Crippen LogP contribution < -0.4 is 10.6 Å². The van der Waals surface area contributed by atoms with Crippen molar-refractivity contribution < 1.29 is 9.18 Å². The molecule has 0 aliphatic carbocycles. The van der Waals surface area contributed by atoms with Crippen LogP contribution in [0.4, 0.5) is 20.6 Å². The second-order valence-electron chi connectivity index (χ2n) is 3.94. The number of thioether (sulfide) groups is 1. The van der Waals surface area contributed by atoms with E-state index in [1.807, 2.05) is 24.5 Å². The Labute approximate surface area is 125 Å². The maximum Gasteiger partial charge on any atom is 0.323 e. The third kappa shape index (κ3) is 3.88. The van der Waals surface area contributed by atoms with Crippen molar-refractivity contribution in [1.29, 1.82) is 0 Å². The Morgan fingerprint density at radius 1 is 1.15 bits per heavy atom. The standard InChI is InChI=1S/C14H12ClFN2OS/c1-20-11-4-2-3-9(7-11)17-14(19)18-10-5-6-13(16)12(15)8-10/h2-8H,1H3,(H2,17,18,19). The summed E-state index contributed by atoms with van der Waals surface area (Å²) in [5, 5.41) is 5.25. The molecule has 3 nitrogen and oxygen atoms in total. The van der Waals surface area contributed by atoms with E-state index in [9.17, 15) is 9.18 Å². The van der Waals surface area contributed by atoms with Crippen LogP contribution in [0, 0.1) is 5.82 Å². The molecule has 0 saturated carbocycles. The molecule has 2 rings (SSSR count). The molecule has 0 saturated heterocycles. The molecule has 2 N–H and O–H groups in total. The number of hydrogen-bond donors (Lipinski definition) is 2. The van der Waals surface area contributed by atoms with Crippen LogP contribution in [-0.4, -0.2) is 12.3 Å². The highest BCUT2D eigenvalue weighted by Gasteiger charge is 2.05. The molecule has 6 heteroatoms. The van der Waals surface area contributed by atoms with Gasteiger partial charge in [0.05, 0.1) is 5.02 Å². The Morgan fingerprint density at radius 2 is 1.85 bits per heavy atom. The predicted molar refractivity (Wildman–Crippen MR) is 82.3 cm³/mol. The molecule has 2 aromatic carbocycles. The Bertz CT molecular complexity index is 636. The highest BCUT2D eigenvalue weighted by molar-refractivity contribution is 7.98. The van der Waals surface area contributed by atoms with E-state index in [1.165, 1.54) is 18.2 Å². The minimum Gasteiger partial charge on any atom is -0.308 e. The minimum absolute atomic E-state index is 0.0350. The van der Waals surface area contributed by atoms with Crippen molar-refractivity contribution in [2.45, 2.75) is 4.90 Å². The van der Waals surface area contributed by atoms with Gasteiger partial charge in [-0.2, -0.15) is 0 Å². The lowest BCUT2D eigenvalue weighted by molar-refractivity contribution is 0.262. The number of benzene rings is 2. The van der Waals surface area contributed by atoms with Gasteiger partial charge in [0.15, 0.2) is 0 Å². The molecule has 0 radical (unpaired) electrons. The fraction of sp³-hybridized carbons (Fsp3) is 0.0714. The van der Waals surface area contributed by atoms with Gasteiger partial charge in [-0.3, -0.25) is 0 Å². The Kier molecular flexibility index (Phi) is 4.87. The third-order valence-corrected chi connectivity index (χ3v) is 3.52. The largest absolute Gasteiger partial charge is 0.323 e. The molecule has 0 bridgehead atoms. The van der Waals surface area contributed by atoms with Crippen LogP contribution in [0.2, 0.25) is 5.02 Å². The van der Waals surface area contributed by atoms with E-state index in [1.54, 1.807) is 17.8 Å². The molecule has 0 atom stereocenters. The lowest BCUT2D eigenvalue weighted by Crippen LogP contribution is -2.19. The third-order valence-electron chi connectivity index (χ3n) is 2.51. The molecule has 2 amide bonds. The summed E-state index contributed by atoms with van der Waals surface area (Å²) in [7, 11) is 0. The van der Waals surface area contributed by atoms with Crippen LogP contribution in [-0.2, 0) is 0 Å². The van der Waals surface area contributed by atoms with E-state index in [4.69, 9.17) is 11.6 Å². The van der Waals surface area contributed by atoms with Gasteiger partial charge in [0.1, 0.15) is 5.82 Å². The molecule has 0 aliphatic rings. The average Bonchev–Trinajstić information content (AvgIpc) is 2.43. The van der Waals surface area contributed by atoms with Crippen molar-refractivity contribution in [3.05, 3.63) is 53.3 Å². The zero-order valence-corrected chi connectivity index (χ0v) is 12.2. The highest BCUT2D eigenvalue weighted by atomic mass is 35.5. The number of halogens is 2. The van der Waals surface area contributed by atoms with Crippen LogP contribution in [0.25, 0.3) is 0 Å². The fourth-order valence-corrected chi connectivity index (χ4v) is 2.21. The summed E-state index contributed by atoms with van der Waals surface area (Å²) < 4.78 is 13.0. The van der Waals surface area contributed by atoms with Crippen molar-refractivity contribution in [2.24, 2.45) is 0 Å². The maximum absolute atomic E-state index is 13.0. The van der Waals surface area contributed by atoms with Gasteiger partial charge in [-0.25, -0.2) is 9.18 Å².